The molecule has 1 aromatic rings. The number of thiol groups is 1. The van der Waals surface area contributed by atoms with Crippen LogP contribution in [0.3, 0.4) is 0 Å². The van der Waals surface area contributed by atoms with Crippen LogP contribution in [0.4, 0.5) is 0 Å². The number of carbonyl (C=O) groups is 1. The fourth-order valence-corrected chi connectivity index (χ4v) is 1.19. The maximum absolute atomic E-state index is 10.9. The van der Waals surface area contributed by atoms with Gasteiger partial charge in [-0.25, -0.2) is 0 Å². The van der Waals surface area contributed by atoms with Crippen molar-refractivity contribution in [2.24, 2.45) is 0 Å². The van der Waals surface area contributed by atoms with E-state index in [9.17, 15) is 4.79 Å². The SMILES string of the molecule is CC(Cc1ccco1)NC(=O)CS. The molecule has 0 aliphatic rings. The van der Waals surface area contributed by atoms with E-state index in [1.807, 2.05) is 19.1 Å². The molecule has 1 N–H and O–H groups in total. The van der Waals surface area contributed by atoms with Crippen molar-refractivity contribution in [3.05, 3.63) is 24.2 Å². The maximum Gasteiger partial charge on any atom is 0.229 e. The summed E-state index contributed by atoms with van der Waals surface area (Å²) in [6, 6.07) is 3.82. The van der Waals surface area contributed by atoms with E-state index in [2.05, 4.69) is 17.9 Å². The normalized spacial score (nSPS) is 12.5. The van der Waals surface area contributed by atoms with Crippen molar-refractivity contribution in [3.63, 3.8) is 0 Å². The molecule has 0 spiro atoms. The second-order valence-electron chi connectivity index (χ2n) is 2.91. The van der Waals surface area contributed by atoms with Gasteiger partial charge in [-0.1, -0.05) is 0 Å². The van der Waals surface area contributed by atoms with Gasteiger partial charge in [-0.05, 0) is 19.1 Å². The first-order valence-corrected chi connectivity index (χ1v) is 4.78. The summed E-state index contributed by atoms with van der Waals surface area (Å²) in [5.74, 6) is 1.05. The van der Waals surface area contributed by atoms with E-state index in [0.29, 0.717) is 6.42 Å². The molecule has 0 fully saturated rings. The van der Waals surface area contributed by atoms with Crippen molar-refractivity contribution in [2.75, 3.05) is 5.75 Å². The average molecular weight is 199 g/mol. The largest absolute Gasteiger partial charge is 0.469 e. The molecule has 0 radical (unpaired) electrons. The van der Waals surface area contributed by atoms with Crippen molar-refractivity contribution in [1.82, 2.24) is 5.32 Å². The Morgan fingerprint density at radius 2 is 2.54 bits per heavy atom. The van der Waals surface area contributed by atoms with Crippen LogP contribution in [0.1, 0.15) is 12.7 Å². The molecular formula is C9H13NO2S. The molecule has 13 heavy (non-hydrogen) atoms. The number of hydrogen-bond donors (Lipinski definition) is 2. The molecule has 1 aromatic heterocycles. The zero-order valence-electron chi connectivity index (χ0n) is 7.49. The van der Waals surface area contributed by atoms with Crippen LogP contribution in [-0.2, 0) is 11.2 Å². The number of rotatable bonds is 4. The van der Waals surface area contributed by atoms with Crippen LogP contribution in [-0.4, -0.2) is 17.7 Å². The molecule has 1 amide bonds. The standard InChI is InChI=1S/C9H13NO2S/c1-7(10-9(11)6-13)5-8-3-2-4-12-8/h2-4,7,13H,5-6H2,1H3,(H,10,11). The molecule has 72 valence electrons. The molecular weight excluding hydrogens is 186 g/mol. The summed E-state index contributed by atoms with van der Waals surface area (Å²) in [4.78, 5) is 10.9. The first kappa shape index (κ1) is 10.2. The molecule has 0 aromatic carbocycles. The third kappa shape index (κ3) is 3.55. The summed E-state index contributed by atoms with van der Waals surface area (Å²) in [6.07, 6.45) is 2.34. The summed E-state index contributed by atoms with van der Waals surface area (Å²) in [7, 11) is 0. The second-order valence-corrected chi connectivity index (χ2v) is 3.23. The molecule has 1 heterocycles. The van der Waals surface area contributed by atoms with E-state index in [1.54, 1.807) is 6.26 Å². The zero-order chi connectivity index (χ0) is 9.68. The summed E-state index contributed by atoms with van der Waals surface area (Å²) >= 11 is 3.87. The number of furan rings is 1. The molecule has 0 bridgehead atoms. The van der Waals surface area contributed by atoms with Gasteiger partial charge in [0.1, 0.15) is 5.76 Å². The molecule has 0 saturated heterocycles. The first-order chi connectivity index (χ1) is 6.22. The predicted octanol–water partition coefficient (Wildman–Crippen LogP) is 1.26. The smallest absolute Gasteiger partial charge is 0.229 e. The summed E-state index contributed by atoms with van der Waals surface area (Å²) < 4.78 is 5.15. The van der Waals surface area contributed by atoms with Gasteiger partial charge in [-0.2, -0.15) is 12.6 Å². The van der Waals surface area contributed by atoms with E-state index >= 15 is 0 Å². The number of carbonyl (C=O) groups excluding carboxylic acids is 1. The van der Waals surface area contributed by atoms with Gasteiger partial charge in [0, 0.05) is 12.5 Å². The highest BCUT2D eigenvalue weighted by Gasteiger charge is 2.07. The highest BCUT2D eigenvalue weighted by atomic mass is 32.1. The van der Waals surface area contributed by atoms with E-state index in [1.165, 1.54) is 0 Å². The molecule has 1 rings (SSSR count). The fourth-order valence-electron chi connectivity index (χ4n) is 1.10. The highest BCUT2D eigenvalue weighted by Crippen LogP contribution is 2.03. The monoisotopic (exact) mass is 199 g/mol. The lowest BCUT2D eigenvalue weighted by molar-refractivity contribution is -0.119. The topological polar surface area (TPSA) is 42.2 Å². The summed E-state index contributed by atoms with van der Waals surface area (Å²) in [5.41, 5.74) is 0. The third-order valence-electron chi connectivity index (χ3n) is 1.64. The van der Waals surface area contributed by atoms with Gasteiger partial charge in [0.15, 0.2) is 0 Å². The Kier molecular flexibility index (Phi) is 3.89. The summed E-state index contributed by atoms with van der Waals surface area (Å²) in [6.45, 7) is 1.93. The van der Waals surface area contributed by atoms with Gasteiger partial charge in [-0.3, -0.25) is 4.79 Å². The Balaban J connectivity index is 2.33. The molecule has 3 nitrogen and oxygen atoms in total. The molecule has 0 saturated carbocycles. The Labute approximate surface area is 82.9 Å². The van der Waals surface area contributed by atoms with Crippen molar-refractivity contribution in [3.8, 4) is 0 Å². The van der Waals surface area contributed by atoms with E-state index in [4.69, 9.17) is 4.42 Å². The lowest BCUT2D eigenvalue weighted by atomic mass is 10.2. The molecule has 0 aliphatic heterocycles. The fraction of sp³-hybridized carbons (Fsp3) is 0.444. The number of hydrogen-bond acceptors (Lipinski definition) is 3. The second kappa shape index (κ2) is 4.97. The summed E-state index contributed by atoms with van der Waals surface area (Å²) in [5, 5.41) is 2.79. The zero-order valence-corrected chi connectivity index (χ0v) is 8.38. The predicted molar refractivity (Wildman–Crippen MR) is 53.9 cm³/mol. The minimum Gasteiger partial charge on any atom is -0.469 e. The van der Waals surface area contributed by atoms with Gasteiger partial charge >= 0.3 is 0 Å². The van der Waals surface area contributed by atoms with Gasteiger partial charge < -0.3 is 9.73 Å². The van der Waals surface area contributed by atoms with Crippen molar-refractivity contribution >= 4 is 18.5 Å². The number of amides is 1. The first-order valence-electron chi connectivity index (χ1n) is 4.15. The Hall–Kier alpha value is -0.900. The molecule has 0 aliphatic carbocycles. The Bertz CT molecular complexity index is 259. The highest BCUT2D eigenvalue weighted by molar-refractivity contribution is 7.81. The lowest BCUT2D eigenvalue weighted by Gasteiger charge is -2.10. The lowest BCUT2D eigenvalue weighted by Crippen LogP contribution is -2.34. The average Bonchev–Trinajstić information content (AvgIpc) is 2.56. The van der Waals surface area contributed by atoms with E-state index < -0.39 is 0 Å². The minimum absolute atomic E-state index is 0.0533. The third-order valence-corrected chi connectivity index (χ3v) is 1.93. The molecule has 1 atom stereocenters. The van der Waals surface area contributed by atoms with Crippen LogP contribution in [0.25, 0.3) is 0 Å². The van der Waals surface area contributed by atoms with Gasteiger partial charge in [0.25, 0.3) is 0 Å². The van der Waals surface area contributed by atoms with Gasteiger partial charge in [0.05, 0.1) is 12.0 Å². The van der Waals surface area contributed by atoms with Gasteiger partial charge in [-0.15, -0.1) is 0 Å². The minimum atomic E-state index is -0.0533. The van der Waals surface area contributed by atoms with Crippen LogP contribution in [0.5, 0.6) is 0 Å². The van der Waals surface area contributed by atoms with E-state index in [0.717, 1.165) is 5.76 Å². The van der Waals surface area contributed by atoms with Crippen LogP contribution in [0.2, 0.25) is 0 Å². The van der Waals surface area contributed by atoms with Gasteiger partial charge in [0.2, 0.25) is 5.91 Å². The maximum atomic E-state index is 10.9. The Morgan fingerprint density at radius 1 is 1.77 bits per heavy atom. The molecule has 1 unspecified atom stereocenters. The van der Waals surface area contributed by atoms with Crippen molar-refractivity contribution < 1.29 is 9.21 Å². The molecule has 4 heteroatoms. The van der Waals surface area contributed by atoms with Crippen LogP contribution >= 0.6 is 12.6 Å². The van der Waals surface area contributed by atoms with Crippen LogP contribution in [0.15, 0.2) is 22.8 Å². The van der Waals surface area contributed by atoms with E-state index in [-0.39, 0.29) is 17.7 Å². The van der Waals surface area contributed by atoms with Crippen LogP contribution in [0, 0.1) is 0 Å². The van der Waals surface area contributed by atoms with Crippen molar-refractivity contribution in [1.29, 1.82) is 0 Å². The number of nitrogens with one attached hydrogen (secondary N) is 1. The Morgan fingerprint density at radius 3 is 3.08 bits per heavy atom. The van der Waals surface area contributed by atoms with Crippen LogP contribution < -0.4 is 5.32 Å². The van der Waals surface area contributed by atoms with Crippen molar-refractivity contribution in [2.45, 2.75) is 19.4 Å². The quantitative estimate of drug-likeness (QED) is 0.717.